The van der Waals surface area contributed by atoms with Gasteiger partial charge < -0.3 is 9.84 Å². The summed E-state index contributed by atoms with van der Waals surface area (Å²) < 4.78 is 5.68. The van der Waals surface area contributed by atoms with Gasteiger partial charge in [0.25, 0.3) is 0 Å². The van der Waals surface area contributed by atoms with Crippen LogP contribution in [0.1, 0.15) is 57.4 Å². The van der Waals surface area contributed by atoms with Gasteiger partial charge in [0.2, 0.25) is 17.6 Å². The molecule has 2 aliphatic rings. The Kier molecular flexibility index (Phi) is 4.57. The summed E-state index contributed by atoms with van der Waals surface area (Å²) in [5.41, 5.74) is 2.20. The molecule has 1 N–H and O–H groups in total. The maximum absolute atomic E-state index is 13.0. The first-order chi connectivity index (χ1) is 12.8. The average Bonchev–Trinajstić information content (AvgIpc) is 3.33. The zero-order valence-electron chi connectivity index (χ0n) is 16.7. The lowest BCUT2D eigenvalue weighted by atomic mass is 9.78. The molecule has 1 heterocycles. The first-order valence-electron chi connectivity index (χ1n) is 10.0. The van der Waals surface area contributed by atoms with Crippen molar-refractivity contribution in [2.75, 3.05) is 6.54 Å². The number of amides is 1. The standard InChI is InChI=1S/C22H29N3O2/c1-13-6-5-7-16(10-13)19-24-21(27-25-19)18-15-9-8-14(11-15)17(18)20(26)23-12-22(2,3)4/h5-7,10,14-15,17-18H,8-9,11-12H2,1-4H3,(H,23,26)/t14-,15+,17-,18-/m0/s1. The summed E-state index contributed by atoms with van der Waals surface area (Å²) in [5.74, 6) is 2.32. The van der Waals surface area contributed by atoms with Gasteiger partial charge in [0.05, 0.1) is 11.8 Å². The fourth-order valence-corrected chi connectivity index (χ4v) is 4.77. The second kappa shape index (κ2) is 6.77. The van der Waals surface area contributed by atoms with Crippen LogP contribution in [-0.2, 0) is 4.79 Å². The zero-order chi connectivity index (χ0) is 19.2. The van der Waals surface area contributed by atoms with E-state index in [1.165, 1.54) is 5.56 Å². The first-order valence-corrected chi connectivity index (χ1v) is 10.0. The number of carbonyl (C=O) groups is 1. The molecule has 27 heavy (non-hydrogen) atoms. The van der Waals surface area contributed by atoms with E-state index in [2.05, 4.69) is 50.3 Å². The molecule has 0 radical (unpaired) electrons. The Hall–Kier alpha value is -2.17. The third-order valence-corrected chi connectivity index (χ3v) is 6.02. The van der Waals surface area contributed by atoms with E-state index in [1.54, 1.807) is 0 Å². The summed E-state index contributed by atoms with van der Waals surface area (Å²) in [6.45, 7) is 9.15. The van der Waals surface area contributed by atoms with E-state index in [0.29, 0.717) is 30.1 Å². The van der Waals surface area contributed by atoms with Gasteiger partial charge in [0.15, 0.2) is 0 Å². The number of aryl methyl sites for hydroxylation is 1. The van der Waals surface area contributed by atoms with Crippen LogP contribution >= 0.6 is 0 Å². The maximum atomic E-state index is 13.0. The lowest BCUT2D eigenvalue weighted by Crippen LogP contribution is -2.41. The monoisotopic (exact) mass is 367 g/mol. The third-order valence-electron chi connectivity index (χ3n) is 6.02. The van der Waals surface area contributed by atoms with Crippen LogP contribution in [0.4, 0.5) is 0 Å². The highest BCUT2D eigenvalue weighted by Gasteiger charge is 2.53. The predicted octanol–water partition coefficient (Wildman–Crippen LogP) is 4.34. The number of nitrogens with zero attached hydrogens (tertiary/aromatic N) is 2. The Bertz CT molecular complexity index is 836. The number of nitrogens with one attached hydrogen (secondary N) is 1. The summed E-state index contributed by atoms with van der Waals surface area (Å²) in [5, 5.41) is 7.38. The molecule has 1 aromatic heterocycles. The molecule has 2 aromatic rings. The van der Waals surface area contributed by atoms with Crippen LogP contribution in [0.2, 0.25) is 0 Å². The smallest absolute Gasteiger partial charge is 0.231 e. The Morgan fingerprint density at radius 1 is 1.26 bits per heavy atom. The maximum Gasteiger partial charge on any atom is 0.231 e. The van der Waals surface area contributed by atoms with Gasteiger partial charge in [-0.05, 0) is 49.5 Å². The largest absolute Gasteiger partial charge is 0.355 e. The lowest BCUT2D eigenvalue weighted by molar-refractivity contribution is -0.127. The van der Waals surface area contributed by atoms with E-state index in [4.69, 9.17) is 9.51 Å². The van der Waals surface area contributed by atoms with Crippen LogP contribution < -0.4 is 5.32 Å². The molecular formula is C22H29N3O2. The molecule has 2 fully saturated rings. The minimum Gasteiger partial charge on any atom is -0.355 e. The summed E-state index contributed by atoms with van der Waals surface area (Å²) >= 11 is 0. The topological polar surface area (TPSA) is 68.0 Å². The molecule has 1 amide bonds. The number of carbonyl (C=O) groups excluding carboxylic acids is 1. The Balaban J connectivity index is 1.57. The number of benzene rings is 1. The molecular weight excluding hydrogens is 338 g/mol. The summed E-state index contributed by atoms with van der Waals surface area (Å²) in [6.07, 6.45) is 3.38. The van der Waals surface area contributed by atoms with E-state index in [1.807, 2.05) is 12.1 Å². The highest BCUT2D eigenvalue weighted by molar-refractivity contribution is 5.80. The fraction of sp³-hybridized carbons (Fsp3) is 0.591. The van der Waals surface area contributed by atoms with Gasteiger partial charge in [0, 0.05) is 12.1 Å². The van der Waals surface area contributed by atoms with Crippen molar-refractivity contribution in [3.8, 4) is 11.4 Å². The number of hydrogen-bond acceptors (Lipinski definition) is 4. The highest BCUT2D eigenvalue weighted by Crippen LogP contribution is 2.56. The molecule has 0 spiro atoms. The van der Waals surface area contributed by atoms with Gasteiger partial charge in [-0.25, -0.2) is 0 Å². The van der Waals surface area contributed by atoms with Crippen molar-refractivity contribution in [2.45, 2.75) is 52.9 Å². The van der Waals surface area contributed by atoms with Crippen molar-refractivity contribution in [3.63, 3.8) is 0 Å². The number of hydrogen-bond donors (Lipinski definition) is 1. The van der Waals surface area contributed by atoms with Crippen LogP contribution in [0.15, 0.2) is 28.8 Å². The second-order valence-corrected chi connectivity index (χ2v) is 9.49. The molecule has 0 unspecified atom stereocenters. The third kappa shape index (κ3) is 3.64. The van der Waals surface area contributed by atoms with Crippen LogP contribution in [0.5, 0.6) is 0 Å². The minimum atomic E-state index is -0.0445. The van der Waals surface area contributed by atoms with Gasteiger partial charge in [-0.15, -0.1) is 0 Å². The van der Waals surface area contributed by atoms with Crippen molar-refractivity contribution in [2.24, 2.45) is 23.2 Å². The van der Waals surface area contributed by atoms with Crippen molar-refractivity contribution in [1.82, 2.24) is 15.5 Å². The minimum absolute atomic E-state index is 0.0445. The van der Waals surface area contributed by atoms with E-state index in [0.717, 1.165) is 24.8 Å². The average molecular weight is 367 g/mol. The van der Waals surface area contributed by atoms with Gasteiger partial charge in [-0.2, -0.15) is 4.98 Å². The fourth-order valence-electron chi connectivity index (χ4n) is 4.77. The lowest BCUT2D eigenvalue weighted by Gasteiger charge is -2.29. The van der Waals surface area contributed by atoms with E-state index >= 15 is 0 Å². The molecule has 2 bridgehead atoms. The molecule has 4 rings (SSSR count). The molecule has 5 nitrogen and oxygen atoms in total. The van der Waals surface area contributed by atoms with Gasteiger partial charge >= 0.3 is 0 Å². The molecule has 144 valence electrons. The highest BCUT2D eigenvalue weighted by atomic mass is 16.5. The molecule has 1 aromatic carbocycles. The molecule has 2 aliphatic carbocycles. The molecule has 0 aliphatic heterocycles. The zero-order valence-corrected chi connectivity index (χ0v) is 16.7. The number of rotatable bonds is 4. The van der Waals surface area contributed by atoms with Crippen molar-refractivity contribution in [3.05, 3.63) is 35.7 Å². The number of aromatic nitrogens is 2. The summed E-state index contributed by atoms with van der Waals surface area (Å²) in [6, 6.07) is 8.11. The number of fused-ring (bicyclic) bond motifs is 2. The van der Waals surface area contributed by atoms with E-state index in [9.17, 15) is 4.79 Å². The second-order valence-electron chi connectivity index (χ2n) is 9.49. The van der Waals surface area contributed by atoms with Crippen molar-refractivity contribution >= 4 is 5.91 Å². The van der Waals surface area contributed by atoms with Crippen LogP contribution in [-0.4, -0.2) is 22.6 Å². The van der Waals surface area contributed by atoms with Crippen LogP contribution in [0, 0.1) is 30.1 Å². The first kappa shape index (κ1) is 18.2. The predicted molar refractivity (Wildman–Crippen MR) is 104 cm³/mol. The summed E-state index contributed by atoms with van der Waals surface area (Å²) in [7, 11) is 0. The Morgan fingerprint density at radius 3 is 2.78 bits per heavy atom. The van der Waals surface area contributed by atoms with Crippen molar-refractivity contribution < 1.29 is 9.32 Å². The quantitative estimate of drug-likeness (QED) is 0.873. The molecule has 0 saturated heterocycles. The van der Waals surface area contributed by atoms with Gasteiger partial charge in [0.1, 0.15) is 0 Å². The molecule has 5 heteroatoms. The van der Waals surface area contributed by atoms with Crippen LogP contribution in [0.3, 0.4) is 0 Å². The van der Waals surface area contributed by atoms with E-state index in [-0.39, 0.29) is 23.2 Å². The van der Waals surface area contributed by atoms with Crippen LogP contribution in [0.25, 0.3) is 11.4 Å². The van der Waals surface area contributed by atoms with E-state index < -0.39 is 0 Å². The van der Waals surface area contributed by atoms with Crippen molar-refractivity contribution in [1.29, 1.82) is 0 Å². The Morgan fingerprint density at radius 2 is 2.04 bits per heavy atom. The Labute approximate surface area is 160 Å². The SMILES string of the molecule is Cc1cccc(-c2noc([C@H]3[C@@H]4CC[C@@H](C4)[C@@H]3C(=O)NCC(C)(C)C)n2)c1. The normalized spacial score (nSPS) is 27.1. The molecule has 2 saturated carbocycles. The summed E-state index contributed by atoms with van der Waals surface area (Å²) in [4.78, 5) is 17.7. The van der Waals surface area contributed by atoms with Gasteiger partial charge in [-0.1, -0.05) is 49.7 Å². The molecule has 4 atom stereocenters. The van der Waals surface area contributed by atoms with Gasteiger partial charge in [-0.3, -0.25) is 4.79 Å².